The third kappa shape index (κ3) is 3.01. The van der Waals surface area contributed by atoms with Gasteiger partial charge in [0.05, 0.1) is 12.5 Å². The molecular formula is C14H20N2O2. The second-order valence-corrected chi connectivity index (χ2v) is 4.65. The monoisotopic (exact) mass is 248 g/mol. The third-order valence-electron chi connectivity index (χ3n) is 3.33. The number of hydrogen-bond acceptors (Lipinski definition) is 3. The smallest absolute Gasteiger partial charge is 0.228 e. The van der Waals surface area contributed by atoms with Crippen LogP contribution in [-0.4, -0.2) is 30.6 Å². The van der Waals surface area contributed by atoms with Crippen LogP contribution < -0.4 is 5.73 Å². The van der Waals surface area contributed by atoms with Gasteiger partial charge in [-0.15, -0.1) is 0 Å². The Bertz CT molecular complexity index is 397. The number of ether oxygens (including phenoxy) is 1. The Balaban J connectivity index is 2.00. The Morgan fingerprint density at radius 2 is 2.17 bits per heavy atom. The lowest BCUT2D eigenvalue weighted by Gasteiger charge is -2.23. The van der Waals surface area contributed by atoms with Crippen LogP contribution in [0.5, 0.6) is 0 Å². The summed E-state index contributed by atoms with van der Waals surface area (Å²) in [5, 5.41) is 0. The van der Waals surface area contributed by atoms with E-state index >= 15 is 0 Å². The van der Waals surface area contributed by atoms with Gasteiger partial charge in [0.15, 0.2) is 0 Å². The predicted molar refractivity (Wildman–Crippen MR) is 70.9 cm³/mol. The molecule has 18 heavy (non-hydrogen) atoms. The Morgan fingerprint density at radius 1 is 1.44 bits per heavy atom. The fourth-order valence-electron chi connectivity index (χ4n) is 2.18. The molecule has 2 N–H and O–H groups in total. The highest BCUT2D eigenvalue weighted by Crippen LogP contribution is 2.17. The van der Waals surface area contributed by atoms with Crippen molar-refractivity contribution in [1.29, 1.82) is 0 Å². The van der Waals surface area contributed by atoms with Crippen LogP contribution in [-0.2, 0) is 16.1 Å². The van der Waals surface area contributed by atoms with Crippen molar-refractivity contribution in [3.8, 4) is 0 Å². The third-order valence-corrected chi connectivity index (χ3v) is 3.33. The minimum atomic E-state index is 0.0405. The molecule has 0 bridgehead atoms. The number of nitrogens with zero attached hydrogens (tertiary/aromatic N) is 1. The number of carbonyl (C=O) groups excluding carboxylic acids is 1. The summed E-state index contributed by atoms with van der Waals surface area (Å²) < 4.78 is 5.27. The lowest BCUT2D eigenvalue weighted by Crippen LogP contribution is -2.35. The predicted octanol–water partition coefficient (Wildman–Crippen LogP) is 1.65. The molecule has 1 heterocycles. The molecule has 0 aromatic heterocycles. The number of carbonyl (C=O) groups is 1. The van der Waals surface area contributed by atoms with Gasteiger partial charge in [0.1, 0.15) is 0 Å². The summed E-state index contributed by atoms with van der Waals surface area (Å²) in [5.41, 5.74) is 7.51. The Kier molecular flexibility index (Phi) is 4.20. The summed E-state index contributed by atoms with van der Waals surface area (Å²) in [6, 6.07) is 7.67. The van der Waals surface area contributed by atoms with Gasteiger partial charge in [-0.1, -0.05) is 12.1 Å². The zero-order chi connectivity index (χ0) is 13.0. The van der Waals surface area contributed by atoms with Crippen LogP contribution in [0.4, 0.5) is 5.69 Å². The molecule has 1 atom stereocenters. The number of anilines is 1. The number of nitrogen functional groups attached to an aromatic ring is 1. The summed E-state index contributed by atoms with van der Waals surface area (Å²) in [5.74, 6) is 0.241. The largest absolute Gasteiger partial charge is 0.399 e. The van der Waals surface area contributed by atoms with Crippen molar-refractivity contribution >= 4 is 11.6 Å². The second kappa shape index (κ2) is 5.87. The summed E-state index contributed by atoms with van der Waals surface area (Å²) in [4.78, 5) is 14.1. The SMILES string of the molecule is CCN(Cc1ccc(N)cc1)C(=O)C1CCOC1. The van der Waals surface area contributed by atoms with Crippen molar-refractivity contribution < 1.29 is 9.53 Å². The molecule has 0 radical (unpaired) electrons. The highest BCUT2D eigenvalue weighted by Gasteiger charge is 2.27. The molecular weight excluding hydrogens is 228 g/mol. The van der Waals surface area contributed by atoms with Gasteiger partial charge in [0.2, 0.25) is 5.91 Å². The Hall–Kier alpha value is -1.55. The second-order valence-electron chi connectivity index (χ2n) is 4.65. The number of rotatable bonds is 4. The van der Waals surface area contributed by atoms with Crippen molar-refractivity contribution in [2.75, 3.05) is 25.5 Å². The van der Waals surface area contributed by atoms with Gasteiger partial charge < -0.3 is 15.4 Å². The van der Waals surface area contributed by atoms with Crippen molar-refractivity contribution in [3.05, 3.63) is 29.8 Å². The molecule has 2 rings (SSSR count). The van der Waals surface area contributed by atoms with Gasteiger partial charge in [0, 0.05) is 25.4 Å². The summed E-state index contributed by atoms with van der Waals surface area (Å²) in [7, 11) is 0. The zero-order valence-electron chi connectivity index (χ0n) is 10.8. The molecule has 1 amide bonds. The van der Waals surface area contributed by atoms with E-state index in [0.717, 1.165) is 24.2 Å². The first-order chi connectivity index (χ1) is 8.70. The average Bonchev–Trinajstić information content (AvgIpc) is 2.91. The molecule has 1 aromatic carbocycles. The van der Waals surface area contributed by atoms with Crippen LogP contribution in [0.1, 0.15) is 18.9 Å². The van der Waals surface area contributed by atoms with Gasteiger partial charge in [0.25, 0.3) is 0 Å². The van der Waals surface area contributed by atoms with Crippen molar-refractivity contribution in [1.82, 2.24) is 4.90 Å². The highest BCUT2D eigenvalue weighted by molar-refractivity contribution is 5.79. The molecule has 1 aliphatic rings. The Morgan fingerprint density at radius 3 is 2.72 bits per heavy atom. The number of hydrogen-bond donors (Lipinski definition) is 1. The van der Waals surface area contributed by atoms with Crippen LogP contribution in [0.3, 0.4) is 0 Å². The molecule has 1 unspecified atom stereocenters. The summed E-state index contributed by atoms with van der Waals surface area (Å²) in [6.45, 7) is 4.64. The van der Waals surface area contributed by atoms with Crippen LogP contribution in [0.2, 0.25) is 0 Å². The zero-order valence-corrected chi connectivity index (χ0v) is 10.8. The maximum absolute atomic E-state index is 12.3. The first-order valence-corrected chi connectivity index (χ1v) is 6.41. The van der Waals surface area contributed by atoms with Crippen molar-refractivity contribution in [3.63, 3.8) is 0 Å². The molecule has 1 aromatic rings. The van der Waals surface area contributed by atoms with Gasteiger partial charge >= 0.3 is 0 Å². The molecule has 4 heteroatoms. The summed E-state index contributed by atoms with van der Waals surface area (Å²) in [6.07, 6.45) is 0.844. The topological polar surface area (TPSA) is 55.6 Å². The van der Waals surface area contributed by atoms with E-state index in [9.17, 15) is 4.79 Å². The highest BCUT2D eigenvalue weighted by atomic mass is 16.5. The van der Waals surface area contributed by atoms with Crippen molar-refractivity contribution in [2.24, 2.45) is 5.92 Å². The first kappa shape index (κ1) is 12.9. The molecule has 1 saturated heterocycles. The summed E-state index contributed by atoms with van der Waals surface area (Å²) >= 11 is 0. The molecule has 4 nitrogen and oxygen atoms in total. The van der Waals surface area contributed by atoms with Gasteiger partial charge in [-0.05, 0) is 31.0 Å². The van der Waals surface area contributed by atoms with E-state index in [-0.39, 0.29) is 11.8 Å². The van der Waals surface area contributed by atoms with Gasteiger partial charge in [-0.25, -0.2) is 0 Å². The van der Waals surface area contributed by atoms with E-state index < -0.39 is 0 Å². The lowest BCUT2D eigenvalue weighted by atomic mass is 10.1. The number of benzene rings is 1. The van der Waals surface area contributed by atoms with E-state index in [1.165, 1.54) is 0 Å². The molecule has 1 fully saturated rings. The molecule has 0 aliphatic carbocycles. The van der Waals surface area contributed by atoms with E-state index in [1.807, 2.05) is 36.1 Å². The molecule has 98 valence electrons. The van der Waals surface area contributed by atoms with Crippen LogP contribution in [0.15, 0.2) is 24.3 Å². The van der Waals surface area contributed by atoms with E-state index in [0.29, 0.717) is 19.8 Å². The number of amides is 1. The molecule has 0 saturated carbocycles. The molecule has 1 aliphatic heterocycles. The van der Waals surface area contributed by atoms with Gasteiger partial charge in [-0.2, -0.15) is 0 Å². The van der Waals surface area contributed by atoms with Gasteiger partial charge in [-0.3, -0.25) is 4.79 Å². The minimum absolute atomic E-state index is 0.0405. The standard InChI is InChI=1S/C14H20N2O2/c1-2-16(14(17)12-7-8-18-10-12)9-11-3-5-13(15)6-4-11/h3-6,12H,2,7-10,15H2,1H3. The molecule has 0 spiro atoms. The van der Waals surface area contributed by atoms with Crippen LogP contribution in [0, 0.1) is 5.92 Å². The quantitative estimate of drug-likeness (QED) is 0.824. The van der Waals surface area contributed by atoms with Crippen LogP contribution >= 0.6 is 0 Å². The first-order valence-electron chi connectivity index (χ1n) is 6.41. The minimum Gasteiger partial charge on any atom is -0.399 e. The van der Waals surface area contributed by atoms with E-state index in [4.69, 9.17) is 10.5 Å². The fraction of sp³-hybridized carbons (Fsp3) is 0.500. The normalized spacial score (nSPS) is 18.8. The fourth-order valence-corrected chi connectivity index (χ4v) is 2.18. The average molecular weight is 248 g/mol. The maximum Gasteiger partial charge on any atom is 0.228 e. The van der Waals surface area contributed by atoms with Crippen LogP contribution in [0.25, 0.3) is 0 Å². The van der Waals surface area contributed by atoms with E-state index in [1.54, 1.807) is 0 Å². The maximum atomic E-state index is 12.3. The number of nitrogens with two attached hydrogens (primary N) is 1. The van der Waals surface area contributed by atoms with Crippen molar-refractivity contribution in [2.45, 2.75) is 19.9 Å². The Labute approximate surface area is 108 Å². The van der Waals surface area contributed by atoms with E-state index in [2.05, 4.69) is 0 Å². The lowest BCUT2D eigenvalue weighted by molar-refractivity contribution is -0.135.